The number of anilines is 1. The van der Waals surface area contributed by atoms with Gasteiger partial charge >= 0.3 is 0 Å². The van der Waals surface area contributed by atoms with Gasteiger partial charge in [0.05, 0.1) is 25.4 Å². The second-order valence-electron chi connectivity index (χ2n) is 9.09. The van der Waals surface area contributed by atoms with E-state index in [1.165, 1.54) is 22.5 Å². The fourth-order valence-electron chi connectivity index (χ4n) is 4.61. The zero-order valence-electron chi connectivity index (χ0n) is 19.6. The summed E-state index contributed by atoms with van der Waals surface area (Å²) in [4.78, 5) is 9.27. The van der Waals surface area contributed by atoms with Crippen molar-refractivity contribution in [3.63, 3.8) is 0 Å². The van der Waals surface area contributed by atoms with Crippen LogP contribution in [-0.4, -0.2) is 83.6 Å². The predicted octanol–water partition coefficient (Wildman–Crippen LogP) is 2.01. The Morgan fingerprint density at radius 1 is 1.17 bits per heavy atom. The van der Waals surface area contributed by atoms with Crippen molar-refractivity contribution in [3.05, 3.63) is 35.4 Å². The maximum atomic E-state index is 13.7. The minimum atomic E-state index is -1.15. The normalized spacial score (nSPS) is 27.6. The number of aliphatic hydroxyl groups excluding tert-OH is 3. The molecule has 2 saturated carbocycles. The molecule has 194 valence electrons. The molecule has 2 aliphatic carbocycles. The van der Waals surface area contributed by atoms with Crippen molar-refractivity contribution in [2.24, 2.45) is 0 Å². The third-order valence-electron chi connectivity index (χ3n) is 6.56. The van der Waals surface area contributed by atoms with Gasteiger partial charge in [-0.3, -0.25) is 0 Å². The molecule has 0 saturated heterocycles. The molecule has 3 aromatic rings. The molecule has 6 atom stereocenters. The minimum Gasteiger partial charge on any atom is -0.394 e. The zero-order chi connectivity index (χ0) is 25.4. The lowest BCUT2D eigenvalue weighted by Gasteiger charge is -2.17. The average molecular weight is 523 g/mol. The van der Waals surface area contributed by atoms with Crippen LogP contribution in [0, 0.1) is 11.6 Å². The van der Waals surface area contributed by atoms with E-state index in [9.17, 15) is 19.0 Å². The number of nitrogens with one attached hydrogen (secondary N) is 1. The van der Waals surface area contributed by atoms with E-state index < -0.39 is 36.0 Å². The first kappa shape index (κ1) is 25.2. The van der Waals surface area contributed by atoms with Gasteiger partial charge in [-0.2, -0.15) is 0 Å². The monoisotopic (exact) mass is 522 g/mol. The maximum absolute atomic E-state index is 13.7. The van der Waals surface area contributed by atoms with Crippen molar-refractivity contribution >= 4 is 28.7 Å². The van der Waals surface area contributed by atoms with Crippen LogP contribution in [0.3, 0.4) is 0 Å². The number of fused-ring (bicyclic) bond motifs is 1. The lowest BCUT2D eigenvalue weighted by atomic mass is 10.1. The van der Waals surface area contributed by atoms with Crippen LogP contribution in [0.25, 0.3) is 11.2 Å². The Morgan fingerprint density at radius 3 is 2.75 bits per heavy atom. The summed E-state index contributed by atoms with van der Waals surface area (Å²) in [7, 11) is 0. The van der Waals surface area contributed by atoms with Crippen molar-refractivity contribution in [2.45, 2.75) is 67.7 Å². The highest BCUT2D eigenvalue weighted by atomic mass is 32.2. The number of halogens is 2. The second kappa shape index (κ2) is 10.5. The molecular weight excluding hydrogens is 494 g/mol. The van der Waals surface area contributed by atoms with Gasteiger partial charge in [-0.25, -0.2) is 23.4 Å². The van der Waals surface area contributed by atoms with Gasteiger partial charge in [0.15, 0.2) is 33.8 Å². The van der Waals surface area contributed by atoms with E-state index in [4.69, 9.17) is 9.84 Å². The number of benzene rings is 1. The van der Waals surface area contributed by atoms with Crippen LogP contribution in [0.15, 0.2) is 23.4 Å². The van der Waals surface area contributed by atoms with Gasteiger partial charge in [0.25, 0.3) is 0 Å². The number of aliphatic hydroxyl groups is 3. The van der Waals surface area contributed by atoms with Crippen LogP contribution < -0.4 is 5.32 Å². The van der Waals surface area contributed by atoms with Crippen molar-refractivity contribution in [2.75, 3.05) is 24.3 Å². The fourth-order valence-corrected chi connectivity index (χ4v) is 5.31. The van der Waals surface area contributed by atoms with Crippen molar-refractivity contribution in [3.8, 4) is 0 Å². The van der Waals surface area contributed by atoms with Crippen LogP contribution in [0.4, 0.5) is 14.6 Å². The van der Waals surface area contributed by atoms with E-state index in [0.717, 1.165) is 24.7 Å². The average Bonchev–Trinajstić information content (AvgIpc) is 3.41. The number of nitrogens with zero attached hydrogens (tertiary/aromatic N) is 5. The van der Waals surface area contributed by atoms with Gasteiger partial charge in [-0.1, -0.05) is 30.0 Å². The van der Waals surface area contributed by atoms with Crippen molar-refractivity contribution in [1.82, 2.24) is 25.0 Å². The molecule has 4 N–H and O–H groups in total. The highest BCUT2D eigenvalue weighted by molar-refractivity contribution is 7.99. The largest absolute Gasteiger partial charge is 0.394 e. The summed E-state index contributed by atoms with van der Waals surface area (Å²) >= 11 is 1.48. The van der Waals surface area contributed by atoms with E-state index in [1.54, 1.807) is 6.07 Å². The van der Waals surface area contributed by atoms with Crippen LogP contribution in [0.2, 0.25) is 0 Å². The molecule has 0 unspecified atom stereocenters. The number of hydrogen-bond acceptors (Lipinski definition) is 10. The summed E-state index contributed by atoms with van der Waals surface area (Å²) < 4.78 is 34.0. The number of hydrogen-bond donors (Lipinski definition) is 4. The van der Waals surface area contributed by atoms with Crippen LogP contribution in [-0.2, 0) is 4.74 Å². The molecular formula is C23H28F2N6O4S. The highest BCUT2D eigenvalue weighted by Crippen LogP contribution is 2.44. The minimum absolute atomic E-state index is 0.00291. The van der Waals surface area contributed by atoms with E-state index in [1.807, 2.05) is 0 Å². The van der Waals surface area contributed by atoms with E-state index >= 15 is 0 Å². The number of rotatable bonds is 10. The molecule has 0 amide bonds. The quantitative estimate of drug-likeness (QED) is 0.231. The Morgan fingerprint density at radius 2 is 2.00 bits per heavy atom. The molecule has 2 aliphatic rings. The molecule has 13 heteroatoms. The van der Waals surface area contributed by atoms with Gasteiger partial charge in [0.2, 0.25) is 0 Å². The van der Waals surface area contributed by atoms with Crippen LogP contribution in [0.5, 0.6) is 0 Å². The lowest BCUT2D eigenvalue weighted by Crippen LogP contribution is -2.33. The summed E-state index contributed by atoms with van der Waals surface area (Å²) in [5.74, 6) is -0.472. The maximum Gasteiger partial charge on any atom is 0.191 e. The SMILES string of the molecule is CCCSc1nc(N[C@@H]2C[C@H]2c2ccc(F)c(F)c2)c2nnn([C@H]3C[C@H](OCCO)[C@@H](O)[C@H]3O)c2n1. The molecule has 1 aromatic carbocycles. The predicted molar refractivity (Wildman–Crippen MR) is 128 cm³/mol. The summed E-state index contributed by atoms with van der Waals surface area (Å²) in [5, 5.41) is 42.5. The molecule has 2 heterocycles. The van der Waals surface area contributed by atoms with E-state index in [0.29, 0.717) is 27.7 Å². The molecule has 36 heavy (non-hydrogen) atoms. The smallest absolute Gasteiger partial charge is 0.191 e. The Labute approximate surface area is 210 Å². The summed E-state index contributed by atoms with van der Waals surface area (Å²) in [6.45, 7) is 1.91. The van der Waals surface area contributed by atoms with Gasteiger partial charge in [0, 0.05) is 24.1 Å². The second-order valence-corrected chi connectivity index (χ2v) is 10.2. The van der Waals surface area contributed by atoms with Crippen LogP contribution >= 0.6 is 11.8 Å². The van der Waals surface area contributed by atoms with E-state index in [2.05, 4.69) is 32.5 Å². The molecule has 0 bridgehead atoms. The Kier molecular flexibility index (Phi) is 7.35. The number of aromatic nitrogens is 5. The summed E-state index contributed by atoms with van der Waals surface area (Å²) in [5.41, 5.74) is 1.53. The first-order chi connectivity index (χ1) is 17.4. The molecule has 0 spiro atoms. The number of ether oxygens (including phenoxy) is 1. The topological polar surface area (TPSA) is 138 Å². The molecule has 0 aliphatic heterocycles. The first-order valence-electron chi connectivity index (χ1n) is 12.0. The zero-order valence-corrected chi connectivity index (χ0v) is 20.4. The van der Waals surface area contributed by atoms with Gasteiger partial charge in [-0.05, 0) is 30.5 Å². The standard InChI is InChI=1S/C23H28F2N6O4S/c1-2-7-36-23-27-21(26-15-9-12(15)11-3-4-13(24)14(25)8-11)18-22(28-23)31(30-29-18)16-10-17(35-6-5-32)20(34)19(16)33/h3-4,8,12,15-17,19-20,32-34H,2,5-7,9-10H2,1H3,(H,26,27,28)/t12-,15+,16-,17-,19-,20+/m0/s1. The third-order valence-corrected chi connectivity index (χ3v) is 7.61. The van der Waals surface area contributed by atoms with E-state index in [-0.39, 0.29) is 31.6 Å². The first-order valence-corrected chi connectivity index (χ1v) is 13.0. The summed E-state index contributed by atoms with van der Waals surface area (Å²) in [6, 6.07) is 3.26. The molecule has 10 nitrogen and oxygen atoms in total. The fraction of sp³-hybridized carbons (Fsp3) is 0.565. The highest BCUT2D eigenvalue weighted by Gasteiger charge is 2.45. The third kappa shape index (κ3) is 4.90. The lowest BCUT2D eigenvalue weighted by molar-refractivity contribution is -0.0629. The van der Waals surface area contributed by atoms with Crippen LogP contribution in [0.1, 0.15) is 43.7 Å². The van der Waals surface area contributed by atoms with Gasteiger partial charge < -0.3 is 25.4 Å². The Balaban J connectivity index is 1.43. The van der Waals surface area contributed by atoms with Gasteiger partial charge in [-0.15, -0.1) is 5.10 Å². The number of thioether (sulfide) groups is 1. The van der Waals surface area contributed by atoms with Crippen molar-refractivity contribution in [1.29, 1.82) is 0 Å². The van der Waals surface area contributed by atoms with Crippen molar-refractivity contribution < 1.29 is 28.8 Å². The molecule has 0 radical (unpaired) electrons. The molecule has 2 aromatic heterocycles. The molecule has 5 rings (SSSR count). The molecule has 2 fully saturated rings. The summed E-state index contributed by atoms with van der Waals surface area (Å²) in [6.07, 6.45) is -1.04. The Hall–Kier alpha value is -2.45. The Bertz CT molecular complexity index is 1230. The van der Waals surface area contributed by atoms with Gasteiger partial charge in [0.1, 0.15) is 12.2 Å².